The number of carbonyl (C=O) groups excluding carboxylic acids is 6. The number of hydrogen-bond donors (Lipinski definition) is 4. The summed E-state index contributed by atoms with van der Waals surface area (Å²) < 4.78 is 99.9. The van der Waals surface area contributed by atoms with E-state index in [4.69, 9.17) is 0 Å². The van der Waals surface area contributed by atoms with Crippen molar-refractivity contribution in [1.82, 2.24) is 29.6 Å². The molecule has 91 heavy (non-hydrogen) atoms. The van der Waals surface area contributed by atoms with Gasteiger partial charge in [0.25, 0.3) is 37.6 Å². The molecule has 19 nitrogen and oxygen atoms in total. The van der Waals surface area contributed by atoms with Crippen LogP contribution in [-0.2, 0) is 34.2 Å². The Bertz CT molecular complexity index is 3720. The molecule has 1 unspecified atom stereocenters. The average Bonchev–Trinajstić information content (AvgIpc) is 1.23. The van der Waals surface area contributed by atoms with Crippen LogP contribution in [0.3, 0.4) is 0 Å². The molecule has 4 aliphatic heterocycles. The Balaban J connectivity index is 0.672. The van der Waals surface area contributed by atoms with E-state index in [0.717, 1.165) is 66.8 Å². The van der Waals surface area contributed by atoms with E-state index in [-0.39, 0.29) is 47.5 Å². The Hall–Kier alpha value is -6.64. The Labute approximate surface area is 534 Å². The number of piperazine rings is 2. The van der Waals surface area contributed by atoms with Crippen LogP contribution in [-0.4, -0.2) is 167 Å². The van der Waals surface area contributed by atoms with Crippen LogP contribution in [0, 0.1) is 16.2 Å². The Morgan fingerprint density at radius 2 is 1.45 bits per heavy atom. The van der Waals surface area contributed by atoms with Crippen LogP contribution in [0.5, 0.6) is 0 Å². The van der Waals surface area contributed by atoms with E-state index in [9.17, 15) is 58.8 Å². The molecule has 2 atom stereocenters. The lowest BCUT2D eigenvalue weighted by atomic mass is 9.31. The molecule has 4 aliphatic carbocycles. The van der Waals surface area contributed by atoms with Crippen LogP contribution in [0.25, 0.3) is 0 Å². The Kier molecular flexibility index (Phi) is 19.1. The highest BCUT2D eigenvalue weighted by Crippen LogP contribution is 2.79. The fraction of sp³-hybridized carbons (Fsp3) is 0.515. The molecule has 25 heteroatoms. The summed E-state index contributed by atoms with van der Waals surface area (Å²) in [6, 6.07) is 20.9. The molecule has 4 heterocycles. The molecule has 12 rings (SSSR count). The smallest absolute Gasteiger partial charge is 0.380 e. The highest BCUT2D eigenvalue weighted by Gasteiger charge is 2.68. The summed E-state index contributed by atoms with van der Waals surface area (Å²) in [7, 11) is -11.1. The van der Waals surface area contributed by atoms with Crippen LogP contribution >= 0.6 is 11.8 Å². The number of rotatable bonds is 24. The maximum atomic E-state index is 14.5. The molecule has 8 aliphatic rings. The minimum atomic E-state index is -6.15. The van der Waals surface area contributed by atoms with Crippen LogP contribution in [0.15, 0.2) is 117 Å². The summed E-state index contributed by atoms with van der Waals surface area (Å²) in [5.41, 5.74) is -0.487. The van der Waals surface area contributed by atoms with Crippen molar-refractivity contribution in [3.63, 3.8) is 0 Å². The van der Waals surface area contributed by atoms with Crippen LogP contribution < -0.4 is 25.6 Å². The molecule has 0 aromatic heterocycles. The average molecular weight is 1310 g/mol. The van der Waals surface area contributed by atoms with Gasteiger partial charge < -0.3 is 25.3 Å². The molecule has 0 radical (unpaired) electrons. The number of carbonyl (C=O) groups is 6. The van der Waals surface area contributed by atoms with Gasteiger partial charge in [-0.2, -0.15) is 13.2 Å². The zero-order valence-corrected chi connectivity index (χ0v) is 54.1. The standard InChI is InChI=1S/C66H80F3N9O10S3/c1-4-64-41-65(42-64,43-64)51-38-63(2,3)26-24-45(51)39-76-33-35-77(36-34-76)47-18-16-44(17-19-47)59(81)73-91(87,88)49-20-21-52(55(37-49)90(85,86)66(67,68)69)70-46(40-89-48-11-6-5-7-12-48)25-28-75-31-29-74(30-32-75)27-9-8-15-56(79)71-53-14-10-13-50-58(53)62(84)78(61(50)83)54-22-23-57(80)72-60(54)82/h5-7,10-14,16-21,37,46,54,70H,4,8-9,15,22-36,38-43H2,1-3H3,(H,71,79)(H,73,81)(H,72,80,82)/t46-,54?,64?,65?/m1/s1. The molecule has 0 spiro atoms. The lowest BCUT2D eigenvalue weighted by molar-refractivity contribution is -0.182. The van der Waals surface area contributed by atoms with Gasteiger partial charge in [0.1, 0.15) is 10.9 Å². The number of halogens is 3. The third kappa shape index (κ3) is 14.3. The van der Waals surface area contributed by atoms with E-state index in [1.807, 2.05) is 35.1 Å². The van der Waals surface area contributed by atoms with E-state index in [0.29, 0.717) is 86.6 Å². The molecule has 6 amide bonds. The van der Waals surface area contributed by atoms with Crippen LogP contribution in [0.2, 0.25) is 0 Å². The summed E-state index contributed by atoms with van der Waals surface area (Å²) in [5.74, 6) is -3.72. The number of fused-ring (bicyclic) bond motifs is 1. The number of anilines is 3. The summed E-state index contributed by atoms with van der Waals surface area (Å²) in [4.78, 5) is 86.5. The number of imide groups is 2. The monoisotopic (exact) mass is 1310 g/mol. The molecule has 2 bridgehead atoms. The van der Waals surface area contributed by atoms with Crippen molar-refractivity contribution in [2.75, 3.05) is 93.3 Å². The first kappa shape index (κ1) is 65.8. The first-order chi connectivity index (χ1) is 43.2. The third-order valence-corrected chi connectivity index (χ3v) is 23.8. The first-order valence-electron chi connectivity index (χ1n) is 31.6. The largest absolute Gasteiger partial charge is 0.501 e. The fourth-order valence-electron chi connectivity index (χ4n) is 14.6. The lowest BCUT2D eigenvalue weighted by Crippen LogP contribution is -2.63. The normalized spacial score (nSPS) is 23.5. The summed E-state index contributed by atoms with van der Waals surface area (Å²) in [5, 5.41) is 7.96. The van der Waals surface area contributed by atoms with Crippen molar-refractivity contribution in [3.8, 4) is 0 Å². The van der Waals surface area contributed by atoms with E-state index in [1.165, 1.54) is 80.6 Å². The van der Waals surface area contributed by atoms with Gasteiger partial charge in [-0.3, -0.25) is 43.9 Å². The van der Waals surface area contributed by atoms with E-state index in [2.05, 4.69) is 56.3 Å². The number of sulfone groups is 1. The van der Waals surface area contributed by atoms with Gasteiger partial charge in [-0.25, -0.2) is 21.6 Å². The van der Waals surface area contributed by atoms with Gasteiger partial charge in [0, 0.05) is 106 Å². The predicted octanol–water partition coefficient (Wildman–Crippen LogP) is 9.10. The number of nitrogens with zero attached hydrogens (tertiary/aromatic N) is 5. The molecule has 4 aromatic rings. The van der Waals surface area contributed by atoms with Crippen molar-refractivity contribution in [3.05, 3.63) is 119 Å². The second-order valence-corrected chi connectivity index (χ2v) is 31.2. The topological polar surface area (TPSA) is 235 Å². The minimum absolute atomic E-state index is 0.00162. The maximum absolute atomic E-state index is 14.5. The molecule has 4 aromatic carbocycles. The zero-order valence-electron chi connectivity index (χ0n) is 51.7. The quantitative estimate of drug-likeness (QED) is 0.0222. The van der Waals surface area contributed by atoms with Gasteiger partial charge in [-0.1, -0.05) is 62.6 Å². The number of amides is 6. The third-order valence-electron chi connectivity index (χ3n) is 19.8. The number of hydrogen-bond acceptors (Lipinski definition) is 16. The van der Waals surface area contributed by atoms with Crippen molar-refractivity contribution in [2.24, 2.45) is 16.2 Å². The highest BCUT2D eigenvalue weighted by molar-refractivity contribution is 7.99. The number of unbranched alkanes of at least 4 members (excludes halogenated alkanes) is 1. The number of benzene rings is 4. The van der Waals surface area contributed by atoms with Gasteiger partial charge in [0.15, 0.2) is 0 Å². The number of sulfonamides is 1. The van der Waals surface area contributed by atoms with Crippen molar-refractivity contribution >= 4 is 84.1 Å². The molecule has 488 valence electrons. The molecular formula is C66H80F3N9O10S3. The van der Waals surface area contributed by atoms with E-state index < -0.39 is 82.5 Å². The van der Waals surface area contributed by atoms with Crippen molar-refractivity contribution in [2.45, 2.75) is 137 Å². The molecular weight excluding hydrogens is 1230 g/mol. The van der Waals surface area contributed by atoms with Gasteiger partial charge in [0.05, 0.1) is 27.4 Å². The van der Waals surface area contributed by atoms with Gasteiger partial charge in [-0.05, 0) is 154 Å². The second-order valence-electron chi connectivity index (χ2n) is 26.6. The Morgan fingerprint density at radius 1 is 0.769 bits per heavy atom. The number of piperidine rings is 1. The summed E-state index contributed by atoms with van der Waals surface area (Å²) in [6.45, 7) is 15.2. The lowest BCUT2D eigenvalue weighted by Gasteiger charge is -2.73. The maximum Gasteiger partial charge on any atom is 0.501 e. The summed E-state index contributed by atoms with van der Waals surface area (Å²) in [6.07, 6.45) is 10.5. The number of thioether (sulfide) groups is 1. The van der Waals surface area contributed by atoms with E-state index in [1.54, 1.807) is 23.3 Å². The number of alkyl halides is 3. The number of nitrogens with one attached hydrogen (secondary N) is 4. The Morgan fingerprint density at radius 3 is 2.12 bits per heavy atom. The summed E-state index contributed by atoms with van der Waals surface area (Å²) >= 11 is 1.42. The van der Waals surface area contributed by atoms with Crippen molar-refractivity contribution in [1.29, 1.82) is 0 Å². The van der Waals surface area contributed by atoms with Gasteiger partial charge >= 0.3 is 5.51 Å². The predicted molar refractivity (Wildman–Crippen MR) is 341 cm³/mol. The first-order valence-corrected chi connectivity index (χ1v) is 35.6. The highest BCUT2D eigenvalue weighted by atomic mass is 32.2. The number of allylic oxidation sites excluding steroid dienone is 1. The fourth-order valence-corrected chi connectivity index (χ4v) is 17.6. The molecule has 6 fully saturated rings. The molecule has 4 N–H and O–H groups in total. The zero-order chi connectivity index (χ0) is 64.7. The van der Waals surface area contributed by atoms with Crippen LogP contribution in [0.4, 0.5) is 30.2 Å². The van der Waals surface area contributed by atoms with E-state index >= 15 is 0 Å². The SMILES string of the molecule is CCC12CC(C3=C(CN4CCN(c5ccc(C(=O)NS(=O)(=O)c6ccc(N[C@H](CCN7CCN(CCCCC(=O)Nc8cccc9c8C(=O)N(C8CCC(=O)NC8=O)C9=O)CC7)CSc7ccccc7)c(S(=O)(=O)C(F)(F)F)c6)cc5)CC4)CCC(C)(C)C3)(C1)C2. The second kappa shape index (κ2) is 26.4. The molecule has 3 saturated carbocycles. The molecule has 3 saturated heterocycles. The minimum Gasteiger partial charge on any atom is -0.380 e. The van der Waals surface area contributed by atoms with Crippen molar-refractivity contribution < 1.29 is 58.8 Å². The van der Waals surface area contributed by atoms with Gasteiger partial charge in [-0.15, -0.1) is 11.8 Å². The van der Waals surface area contributed by atoms with Crippen LogP contribution in [0.1, 0.15) is 135 Å². The van der Waals surface area contributed by atoms with Gasteiger partial charge in [0.2, 0.25) is 17.7 Å².